The fraction of sp³-hybridized carbons (Fsp3) is 0.333. The summed E-state index contributed by atoms with van der Waals surface area (Å²) in [6, 6.07) is 32.1. The van der Waals surface area contributed by atoms with E-state index in [4.69, 9.17) is 29.2 Å². The fourth-order valence-corrected chi connectivity index (χ4v) is 4.69. The summed E-state index contributed by atoms with van der Waals surface area (Å²) in [7, 11) is 0. The maximum atomic E-state index is 8.87. The van der Waals surface area contributed by atoms with Crippen LogP contribution in [0.1, 0.15) is 32.6 Å². The highest BCUT2D eigenvalue weighted by molar-refractivity contribution is 5.65. The standard InChI is InChI=1S/C36H42O6/c1-28(4-2-24-39-33-14-6-29(7-15-33)31-10-18-35(19-11-31)41-26-22-37)5-3-25-40-34-16-8-30(9-17-34)32-12-20-36(21-13-32)42-27-23-38/h6-21,28,37-38H,2-5,22-27H2,1H3. The number of aliphatic hydroxyl groups excluding tert-OH is 2. The summed E-state index contributed by atoms with van der Waals surface area (Å²) < 4.78 is 22.8. The molecule has 0 saturated heterocycles. The molecule has 0 radical (unpaired) electrons. The maximum Gasteiger partial charge on any atom is 0.119 e. The first kappa shape index (κ1) is 30.9. The van der Waals surface area contributed by atoms with Crippen molar-refractivity contribution in [2.45, 2.75) is 32.6 Å². The van der Waals surface area contributed by atoms with Crippen LogP contribution in [0, 0.1) is 5.92 Å². The van der Waals surface area contributed by atoms with E-state index in [0.717, 1.165) is 70.9 Å². The molecule has 4 aromatic carbocycles. The Hall–Kier alpha value is -4.00. The first-order valence-corrected chi connectivity index (χ1v) is 14.8. The second-order valence-corrected chi connectivity index (χ2v) is 10.3. The molecule has 6 heteroatoms. The van der Waals surface area contributed by atoms with Crippen molar-refractivity contribution in [2.75, 3.05) is 39.6 Å². The van der Waals surface area contributed by atoms with Crippen molar-refractivity contribution in [1.29, 1.82) is 0 Å². The zero-order valence-corrected chi connectivity index (χ0v) is 24.4. The molecule has 2 N–H and O–H groups in total. The molecule has 0 aliphatic carbocycles. The molecule has 6 nitrogen and oxygen atoms in total. The van der Waals surface area contributed by atoms with Crippen LogP contribution in [-0.4, -0.2) is 49.9 Å². The summed E-state index contributed by atoms with van der Waals surface area (Å²) in [5, 5.41) is 17.7. The monoisotopic (exact) mass is 570 g/mol. The zero-order chi connectivity index (χ0) is 29.4. The molecule has 4 aromatic rings. The lowest BCUT2D eigenvalue weighted by Crippen LogP contribution is -2.04. The van der Waals surface area contributed by atoms with Gasteiger partial charge in [0, 0.05) is 0 Å². The second-order valence-electron chi connectivity index (χ2n) is 10.3. The molecule has 0 atom stereocenters. The number of benzene rings is 4. The van der Waals surface area contributed by atoms with Gasteiger partial charge < -0.3 is 29.2 Å². The van der Waals surface area contributed by atoms with Gasteiger partial charge in [-0.2, -0.15) is 0 Å². The van der Waals surface area contributed by atoms with Crippen molar-refractivity contribution in [3.8, 4) is 45.3 Å². The third-order valence-corrected chi connectivity index (χ3v) is 7.02. The maximum absolute atomic E-state index is 8.87. The summed E-state index contributed by atoms with van der Waals surface area (Å²) >= 11 is 0. The van der Waals surface area contributed by atoms with Gasteiger partial charge >= 0.3 is 0 Å². The van der Waals surface area contributed by atoms with Crippen molar-refractivity contribution in [3.63, 3.8) is 0 Å². The Labute approximate surface area is 249 Å². The van der Waals surface area contributed by atoms with Gasteiger partial charge in [0.25, 0.3) is 0 Å². The Morgan fingerprint density at radius 1 is 0.429 bits per heavy atom. The average Bonchev–Trinajstić information content (AvgIpc) is 3.04. The highest BCUT2D eigenvalue weighted by Crippen LogP contribution is 2.26. The van der Waals surface area contributed by atoms with Gasteiger partial charge in [-0.15, -0.1) is 0 Å². The van der Waals surface area contributed by atoms with Gasteiger partial charge in [0.1, 0.15) is 36.2 Å². The fourth-order valence-electron chi connectivity index (χ4n) is 4.69. The van der Waals surface area contributed by atoms with E-state index in [-0.39, 0.29) is 13.2 Å². The summed E-state index contributed by atoms with van der Waals surface area (Å²) in [5.74, 6) is 3.91. The molecule has 4 rings (SSSR count). The molecule has 0 spiro atoms. The van der Waals surface area contributed by atoms with Gasteiger partial charge in [-0.3, -0.25) is 0 Å². The predicted molar refractivity (Wildman–Crippen MR) is 168 cm³/mol. The molecule has 0 bridgehead atoms. The zero-order valence-electron chi connectivity index (χ0n) is 24.4. The number of ether oxygens (including phenoxy) is 4. The number of aliphatic hydroxyl groups is 2. The van der Waals surface area contributed by atoms with Crippen LogP contribution in [0.2, 0.25) is 0 Å². The van der Waals surface area contributed by atoms with Crippen LogP contribution < -0.4 is 18.9 Å². The quantitative estimate of drug-likeness (QED) is 0.121. The molecule has 0 unspecified atom stereocenters. The lowest BCUT2D eigenvalue weighted by molar-refractivity contribution is 0.201. The van der Waals surface area contributed by atoms with Gasteiger partial charge in [-0.25, -0.2) is 0 Å². The van der Waals surface area contributed by atoms with Crippen molar-refractivity contribution in [2.24, 2.45) is 5.92 Å². The van der Waals surface area contributed by atoms with E-state index in [1.54, 1.807) is 0 Å². The highest BCUT2D eigenvalue weighted by Gasteiger charge is 2.05. The van der Waals surface area contributed by atoms with E-state index in [0.29, 0.717) is 32.3 Å². The molecule has 0 aliphatic heterocycles. The molecule has 222 valence electrons. The Morgan fingerprint density at radius 3 is 0.952 bits per heavy atom. The Balaban J connectivity index is 1.08. The van der Waals surface area contributed by atoms with Crippen molar-refractivity contribution >= 4 is 0 Å². The summed E-state index contributed by atoms with van der Waals surface area (Å²) in [6.07, 6.45) is 4.30. The van der Waals surface area contributed by atoms with Gasteiger partial charge in [0.05, 0.1) is 26.4 Å². The van der Waals surface area contributed by atoms with Gasteiger partial charge in [0.15, 0.2) is 0 Å². The number of rotatable bonds is 18. The highest BCUT2D eigenvalue weighted by atomic mass is 16.5. The van der Waals surface area contributed by atoms with Crippen LogP contribution in [0.3, 0.4) is 0 Å². The number of hydrogen-bond donors (Lipinski definition) is 2. The lowest BCUT2D eigenvalue weighted by Gasteiger charge is -2.13. The second kappa shape index (κ2) is 17.1. The van der Waals surface area contributed by atoms with E-state index in [1.807, 2.05) is 72.8 Å². The minimum absolute atomic E-state index is 0.0102. The number of hydrogen-bond acceptors (Lipinski definition) is 6. The van der Waals surface area contributed by atoms with E-state index < -0.39 is 0 Å². The average molecular weight is 571 g/mol. The molecular formula is C36H42O6. The molecule has 0 heterocycles. The first-order chi connectivity index (χ1) is 20.6. The summed E-state index contributed by atoms with van der Waals surface area (Å²) in [6.45, 7) is 4.34. The lowest BCUT2D eigenvalue weighted by atomic mass is 10.0. The minimum Gasteiger partial charge on any atom is -0.494 e. The van der Waals surface area contributed by atoms with Crippen LogP contribution in [-0.2, 0) is 0 Å². The van der Waals surface area contributed by atoms with Crippen LogP contribution in [0.25, 0.3) is 22.3 Å². The Bertz CT molecular complexity index is 1180. The minimum atomic E-state index is 0.0102. The molecule has 0 aromatic heterocycles. The third-order valence-electron chi connectivity index (χ3n) is 7.02. The van der Waals surface area contributed by atoms with E-state index in [2.05, 4.69) is 31.2 Å². The summed E-state index contributed by atoms with van der Waals surface area (Å²) in [5.41, 5.74) is 4.47. The molecule has 42 heavy (non-hydrogen) atoms. The smallest absolute Gasteiger partial charge is 0.119 e. The van der Waals surface area contributed by atoms with Gasteiger partial charge in [-0.05, 0) is 102 Å². The van der Waals surface area contributed by atoms with Gasteiger partial charge in [0.2, 0.25) is 0 Å². The Morgan fingerprint density at radius 2 is 0.690 bits per heavy atom. The van der Waals surface area contributed by atoms with E-state index in [9.17, 15) is 0 Å². The summed E-state index contributed by atoms with van der Waals surface area (Å²) in [4.78, 5) is 0. The topological polar surface area (TPSA) is 77.4 Å². The van der Waals surface area contributed by atoms with Crippen LogP contribution in [0.4, 0.5) is 0 Å². The molecule has 0 fully saturated rings. The largest absolute Gasteiger partial charge is 0.494 e. The van der Waals surface area contributed by atoms with Crippen LogP contribution >= 0.6 is 0 Å². The van der Waals surface area contributed by atoms with Crippen molar-refractivity contribution in [1.82, 2.24) is 0 Å². The third kappa shape index (κ3) is 10.1. The van der Waals surface area contributed by atoms with Crippen LogP contribution in [0.15, 0.2) is 97.1 Å². The Kier molecular flexibility index (Phi) is 12.6. The molecule has 0 saturated carbocycles. The molecular weight excluding hydrogens is 528 g/mol. The predicted octanol–water partition coefficient (Wildman–Crippen LogP) is 7.42. The van der Waals surface area contributed by atoms with Crippen LogP contribution in [0.5, 0.6) is 23.0 Å². The SMILES string of the molecule is CC(CCCOc1ccc(-c2ccc(OCCO)cc2)cc1)CCCOc1ccc(-c2ccc(OCCO)cc2)cc1. The van der Waals surface area contributed by atoms with Gasteiger partial charge in [-0.1, -0.05) is 55.5 Å². The van der Waals surface area contributed by atoms with Crippen molar-refractivity contribution < 1.29 is 29.2 Å². The normalized spacial score (nSPS) is 11.0. The van der Waals surface area contributed by atoms with E-state index in [1.165, 1.54) is 0 Å². The molecule has 0 aliphatic rings. The van der Waals surface area contributed by atoms with E-state index >= 15 is 0 Å². The molecule has 0 amide bonds. The first-order valence-electron chi connectivity index (χ1n) is 14.8. The van der Waals surface area contributed by atoms with Crippen molar-refractivity contribution in [3.05, 3.63) is 97.1 Å².